The van der Waals surface area contributed by atoms with Crippen LogP contribution in [0.25, 0.3) is 0 Å². The number of ether oxygens (including phenoxy) is 4. The van der Waals surface area contributed by atoms with Gasteiger partial charge in [-0.15, -0.1) is 0 Å². The Morgan fingerprint density at radius 1 is 0.667 bits per heavy atom. The van der Waals surface area contributed by atoms with Gasteiger partial charge in [-0.05, 0) is 69.9 Å². The fourth-order valence-electron chi connectivity index (χ4n) is 3.40. The molecule has 0 aliphatic heterocycles. The molecule has 0 fully saturated rings. The lowest BCUT2D eigenvalue weighted by Gasteiger charge is -2.21. The van der Waals surface area contributed by atoms with Crippen LogP contribution in [-0.4, -0.2) is 27.3 Å². The van der Waals surface area contributed by atoms with E-state index < -0.39 is 5.97 Å². The summed E-state index contributed by atoms with van der Waals surface area (Å²) in [6, 6.07) is 1.94. The molecule has 0 saturated carbocycles. The molecule has 0 bridgehead atoms. The molecule has 0 saturated heterocycles. The number of hydrogen-bond acceptors (Lipinski definition) is 5. The summed E-state index contributed by atoms with van der Waals surface area (Å²) in [5.41, 5.74) is 5.52. The van der Waals surface area contributed by atoms with E-state index in [-0.39, 0.29) is 0 Å². The van der Waals surface area contributed by atoms with E-state index in [1.54, 1.807) is 21.3 Å². The third kappa shape index (κ3) is 3.46. The minimum absolute atomic E-state index is 0.410. The molecule has 0 radical (unpaired) electrons. The number of aryl methyl sites for hydroxylation is 1. The van der Waals surface area contributed by atoms with Gasteiger partial charge in [0.2, 0.25) is 0 Å². The summed E-state index contributed by atoms with van der Waals surface area (Å²) in [6.45, 7) is 11.4. The summed E-state index contributed by atoms with van der Waals surface area (Å²) < 4.78 is 22.3. The molecule has 0 unspecified atom stereocenters. The first kappa shape index (κ1) is 20.6. The quantitative estimate of drug-likeness (QED) is 0.558. The SMILES string of the molecule is COc1cc(C)c(C)c(OC(=O)c2c(C)c(C)c(OC)c(C)c2OC)c1C. The van der Waals surface area contributed by atoms with Gasteiger partial charge in [-0.1, -0.05) is 0 Å². The second-order valence-electron chi connectivity index (χ2n) is 6.68. The van der Waals surface area contributed by atoms with E-state index in [0.717, 1.165) is 33.4 Å². The molecule has 2 aromatic carbocycles. The van der Waals surface area contributed by atoms with Crippen LogP contribution in [0.2, 0.25) is 0 Å². The smallest absolute Gasteiger partial charge is 0.347 e. The van der Waals surface area contributed by atoms with Gasteiger partial charge in [-0.2, -0.15) is 0 Å². The molecule has 146 valence electrons. The van der Waals surface area contributed by atoms with Crippen molar-refractivity contribution in [1.29, 1.82) is 0 Å². The Kier molecular flexibility index (Phi) is 6.04. The van der Waals surface area contributed by atoms with Crippen molar-refractivity contribution in [2.24, 2.45) is 0 Å². The van der Waals surface area contributed by atoms with Crippen molar-refractivity contribution in [2.45, 2.75) is 41.5 Å². The molecule has 0 aliphatic carbocycles. The van der Waals surface area contributed by atoms with Gasteiger partial charge in [0.15, 0.2) is 0 Å². The zero-order chi connectivity index (χ0) is 20.5. The van der Waals surface area contributed by atoms with E-state index in [1.165, 1.54) is 0 Å². The number of benzene rings is 2. The van der Waals surface area contributed by atoms with Gasteiger partial charge >= 0.3 is 5.97 Å². The van der Waals surface area contributed by atoms with Crippen LogP contribution in [0.4, 0.5) is 0 Å². The van der Waals surface area contributed by atoms with Crippen LogP contribution in [0.5, 0.6) is 23.0 Å². The van der Waals surface area contributed by atoms with Gasteiger partial charge in [0.05, 0.1) is 21.3 Å². The minimum Gasteiger partial charge on any atom is -0.496 e. The average Bonchev–Trinajstić information content (AvgIpc) is 2.64. The number of carbonyl (C=O) groups excluding carboxylic acids is 1. The summed E-state index contributed by atoms with van der Waals surface area (Å²) >= 11 is 0. The van der Waals surface area contributed by atoms with E-state index in [2.05, 4.69) is 0 Å². The molecular formula is C22H28O5. The van der Waals surface area contributed by atoms with Gasteiger partial charge in [-0.25, -0.2) is 4.79 Å². The van der Waals surface area contributed by atoms with E-state index in [4.69, 9.17) is 18.9 Å². The van der Waals surface area contributed by atoms with Crippen LogP contribution in [0.3, 0.4) is 0 Å². The maximum atomic E-state index is 13.2. The molecule has 0 aromatic heterocycles. The summed E-state index contributed by atoms with van der Waals surface area (Å²) in [4.78, 5) is 13.2. The van der Waals surface area contributed by atoms with Gasteiger partial charge in [0.25, 0.3) is 0 Å². The van der Waals surface area contributed by atoms with E-state index >= 15 is 0 Å². The molecule has 0 aliphatic rings. The van der Waals surface area contributed by atoms with Crippen molar-refractivity contribution in [2.75, 3.05) is 21.3 Å². The number of rotatable bonds is 5. The summed E-state index contributed by atoms with van der Waals surface area (Å²) in [7, 11) is 4.75. The van der Waals surface area contributed by atoms with Crippen LogP contribution >= 0.6 is 0 Å². The lowest BCUT2D eigenvalue weighted by Crippen LogP contribution is -2.16. The zero-order valence-corrected chi connectivity index (χ0v) is 17.6. The first-order valence-corrected chi connectivity index (χ1v) is 8.78. The zero-order valence-electron chi connectivity index (χ0n) is 17.6. The van der Waals surface area contributed by atoms with Gasteiger partial charge in [0.1, 0.15) is 28.6 Å². The number of esters is 1. The minimum atomic E-state index is -0.461. The number of methoxy groups -OCH3 is 3. The Morgan fingerprint density at radius 3 is 1.78 bits per heavy atom. The molecule has 0 N–H and O–H groups in total. The fourth-order valence-corrected chi connectivity index (χ4v) is 3.40. The molecule has 0 atom stereocenters. The van der Waals surface area contributed by atoms with E-state index in [9.17, 15) is 4.79 Å². The van der Waals surface area contributed by atoms with Crippen molar-refractivity contribution >= 4 is 5.97 Å². The maximum Gasteiger partial charge on any atom is 0.347 e. The van der Waals surface area contributed by atoms with E-state index in [0.29, 0.717) is 28.6 Å². The summed E-state index contributed by atoms with van der Waals surface area (Å²) in [5, 5.41) is 0. The van der Waals surface area contributed by atoms with Crippen molar-refractivity contribution in [3.63, 3.8) is 0 Å². The van der Waals surface area contributed by atoms with Crippen LogP contribution in [0, 0.1) is 41.5 Å². The number of carbonyl (C=O) groups is 1. The first-order valence-electron chi connectivity index (χ1n) is 8.78. The molecule has 2 rings (SSSR count). The monoisotopic (exact) mass is 372 g/mol. The van der Waals surface area contributed by atoms with Crippen LogP contribution in [0.15, 0.2) is 6.07 Å². The Hall–Kier alpha value is -2.69. The lowest BCUT2D eigenvalue weighted by atomic mass is 9.96. The molecular weight excluding hydrogens is 344 g/mol. The molecule has 27 heavy (non-hydrogen) atoms. The molecule has 0 amide bonds. The summed E-state index contributed by atoms with van der Waals surface area (Å²) in [5.74, 6) is 1.92. The second kappa shape index (κ2) is 7.91. The Labute approximate surface area is 161 Å². The number of hydrogen-bond donors (Lipinski definition) is 0. The third-order valence-electron chi connectivity index (χ3n) is 5.20. The topological polar surface area (TPSA) is 54.0 Å². The van der Waals surface area contributed by atoms with Gasteiger partial charge in [0, 0.05) is 11.1 Å². The van der Waals surface area contributed by atoms with Gasteiger partial charge in [-0.3, -0.25) is 0 Å². The van der Waals surface area contributed by atoms with E-state index in [1.807, 2.05) is 47.6 Å². The Balaban J connectivity index is 2.63. The van der Waals surface area contributed by atoms with Crippen molar-refractivity contribution < 1.29 is 23.7 Å². The fraction of sp³-hybridized carbons (Fsp3) is 0.409. The predicted molar refractivity (Wildman–Crippen MR) is 106 cm³/mol. The summed E-state index contributed by atoms with van der Waals surface area (Å²) in [6.07, 6.45) is 0. The Bertz CT molecular complexity index is 897. The highest BCUT2D eigenvalue weighted by molar-refractivity contribution is 5.97. The maximum absolute atomic E-state index is 13.2. The molecule has 5 heteroatoms. The van der Waals surface area contributed by atoms with Crippen molar-refractivity contribution in [3.8, 4) is 23.0 Å². The highest BCUT2D eigenvalue weighted by Crippen LogP contribution is 2.40. The van der Waals surface area contributed by atoms with Crippen molar-refractivity contribution in [1.82, 2.24) is 0 Å². The van der Waals surface area contributed by atoms with Crippen molar-refractivity contribution in [3.05, 3.63) is 45.0 Å². The molecule has 0 spiro atoms. The van der Waals surface area contributed by atoms with Crippen LogP contribution in [0.1, 0.15) is 43.7 Å². The normalized spacial score (nSPS) is 10.6. The van der Waals surface area contributed by atoms with Crippen LogP contribution in [-0.2, 0) is 0 Å². The standard InChI is InChI=1S/C22H28O5/c1-11-10-17(24-7)15(5)20(12(11)2)27-22(23)18-13(3)14(4)19(25-8)16(6)21(18)26-9/h10H,1-9H3. The highest BCUT2D eigenvalue weighted by atomic mass is 16.5. The Morgan fingerprint density at radius 2 is 1.26 bits per heavy atom. The molecule has 2 aromatic rings. The molecule has 0 heterocycles. The average molecular weight is 372 g/mol. The molecule has 5 nitrogen and oxygen atoms in total. The first-order chi connectivity index (χ1) is 12.7. The van der Waals surface area contributed by atoms with Crippen LogP contribution < -0.4 is 18.9 Å². The highest BCUT2D eigenvalue weighted by Gasteiger charge is 2.26. The lowest BCUT2D eigenvalue weighted by molar-refractivity contribution is 0.0727. The van der Waals surface area contributed by atoms with Gasteiger partial charge < -0.3 is 18.9 Å². The predicted octanol–water partition coefficient (Wildman–Crippen LogP) is 4.78. The third-order valence-corrected chi connectivity index (χ3v) is 5.20. The largest absolute Gasteiger partial charge is 0.496 e. The second-order valence-corrected chi connectivity index (χ2v) is 6.68.